The summed E-state index contributed by atoms with van der Waals surface area (Å²) >= 11 is 13.0. The number of halogens is 2. The Labute approximate surface area is 153 Å². The lowest BCUT2D eigenvalue weighted by Crippen LogP contribution is -2.24. The minimum Gasteiger partial charge on any atom is -0.494 e. The molecule has 0 saturated carbocycles. The van der Waals surface area contributed by atoms with E-state index < -0.39 is 0 Å². The van der Waals surface area contributed by atoms with Crippen LogP contribution in [0.5, 0.6) is 5.75 Å². The fourth-order valence-corrected chi connectivity index (χ4v) is 4.03. The van der Waals surface area contributed by atoms with Gasteiger partial charge in [-0.3, -0.25) is 9.59 Å². The van der Waals surface area contributed by atoms with E-state index in [0.29, 0.717) is 44.3 Å². The number of benzene rings is 1. The maximum atomic E-state index is 12.3. The molecule has 5 nitrogen and oxygen atoms in total. The number of ether oxygens (including phenoxy) is 1. The van der Waals surface area contributed by atoms with Crippen LogP contribution in [-0.4, -0.2) is 25.5 Å². The highest BCUT2D eigenvalue weighted by Crippen LogP contribution is 2.35. The topological polar surface area (TPSA) is 58.6 Å². The van der Waals surface area contributed by atoms with Gasteiger partial charge in [-0.15, -0.1) is 11.3 Å². The Morgan fingerprint density at radius 1 is 1.33 bits per heavy atom. The van der Waals surface area contributed by atoms with Gasteiger partial charge in [0.2, 0.25) is 5.91 Å². The average molecular weight is 385 g/mol. The zero-order valence-corrected chi connectivity index (χ0v) is 15.1. The van der Waals surface area contributed by atoms with E-state index in [-0.39, 0.29) is 11.8 Å². The van der Waals surface area contributed by atoms with Crippen LogP contribution in [0, 0.1) is 0 Å². The van der Waals surface area contributed by atoms with E-state index in [1.165, 1.54) is 13.2 Å². The molecule has 1 saturated heterocycles. The largest absolute Gasteiger partial charge is 0.494 e. The first-order valence-electron chi connectivity index (χ1n) is 7.24. The van der Waals surface area contributed by atoms with Gasteiger partial charge in [-0.25, -0.2) is 0 Å². The summed E-state index contributed by atoms with van der Waals surface area (Å²) in [4.78, 5) is 25.9. The highest BCUT2D eigenvalue weighted by molar-refractivity contribution is 7.20. The van der Waals surface area contributed by atoms with Crippen LogP contribution < -0.4 is 15.0 Å². The molecular formula is C16H14Cl2N2O3S. The highest BCUT2D eigenvalue weighted by atomic mass is 35.5. The predicted molar refractivity (Wildman–Crippen MR) is 96.9 cm³/mol. The number of nitrogens with one attached hydrogen (secondary N) is 1. The molecule has 1 aromatic carbocycles. The summed E-state index contributed by atoms with van der Waals surface area (Å²) in [6, 6.07) is 6.70. The summed E-state index contributed by atoms with van der Waals surface area (Å²) in [5.41, 5.74) is 1.57. The van der Waals surface area contributed by atoms with E-state index >= 15 is 0 Å². The second-order valence-corrected chi connectivity index (χ2v) is 7.51. The van der Waals surface area contributed by atoms with Crippen molar-refractivity contribution in [3.05, 3.63) is 38.5 Å². The molecule has 126 valence electrons. The Balaban J connectivity index is 1.83. The van der Waals surface area contributed by atoms with Crippen LogP contribution in [0.15, 0.2) is 24.3 Å². The number of hydrogen-bond donors (Lipinski definition) is 1. The summed E-state index contributed by atoms with van der Waals surface area (Å²) in [6.45, 7) is 0.671. The minimum atomic E-state index is -0.352. The van der Waals surface area contributed by atoms with E-state index in [4.69, 9.17) is 27.9 Å². The third-order valence-electron chi connectivity index (χ3n) is 3.70. The maximum absolute atomic E-state index is 12.3. The van der Waals surface area contributed by atoms with Crippen LogP contribution in [0.2, 0.25) is 8.67 Å². The fourth-order valence-electron chi connectivity index (χ4n) is 2.57. The number of hydrogen-bond acceptors (Lipinski definition) is 4. The summed E-state index contributed by atoms with van der Waals surface area (Å²) in [6.07, 6.45) is 1.37. The van der Waals surface area contributed by atoms with E-state index in [1.54, 1.807) is 23.1 Å². The van der Waals surface area contributed by atoms with Crippen LogP contribution in [0.3, 0.4) is 0 Å². The van der Waals surface area contributed by atoms with Gasteiger partial charge in [0.05, 0.1) is 22.7 Å². The summed E-state index contributed by atoms with van der Waals surface area (Å²) in [5.74, 6) is 0.248. The molecule has 2 heterocycles. The van der Waals surface area contributed by atoms with Gasteiger partial charge >= 0.3 is 0 Å². The van der Waals surface area contributed by atoms with Gasteiger partial charge in [-0.1, -0.05) is 23.2 Å². The molecule has 0 unspecified atom stereocenters. The van der Waals surface area contributed by atoms with E-state index in [1.807, 2.05) is 0 Å². The molecule has 24 heavy (non-hydrogen) atoms. The van der Waals surface area contributed by atoms with Crippen molar-refractivity contribution in [3.8, 4) is 5.75 Å². The monoisotopic (exact) mass is 384 g/mol. The molecule has 0 bridgehead atoms. The molecular weight excluding hydrogens is 371 g/mol. The number of rotatable bonds is 4. The fraction of sp³-hybridized carbons (Fsp3) is 0.250. The molecule has 1 N–H and O–H groups in total. The van der Waals surface area contributed by atoms with Gasteiger partial charge in [0.1, 0.15) is 10.1 Å². The van der Waals surface area contributed by atoms with Crippen molar-refractivity contribution in [1.29, 1.82) is 0 Å². The standard InChI is InChI=1S/C16H14Cl2N2O3S/c1-23-12-7-9(4-5-11(12)20-6-2-3-14(20)21)19-16(22)10-8-13(17)24-15(10)18/h4-5,7-8H,2-3,6H2,1H3,(H,19,22). The van der Waals surface area contributed by atoms with Crippen LogP contribution in [0.4, 0.5) is 11.4 Å². The summed E-state index contributed by atoms with van der Waals surface area (Å²) in [5, 5.41) is 2.76. The quantitative estimate of drug-likeness (QED) is 0.847. The number of nitrogens with zero attached hydrogens (tertiary/aromatic N) is 1. The third kappa shape index (κ3) is 3.36. The van der Waals surface area contributed by atoms with Crippen LogP contribution in [0.1, 0.15) is 23.2 Å². The van der Waals surface area contributed by atoms with E-state index in [9.17, 15) is 9.59 Å². The number of thiophene rings is 1. The summed E-state index contributed by atoms with van der Waals surface area (Å²) < 4.78 is 6.16. The SMILES string of the molecule is COc1cc(NC(=O)c2cc(Cl)sc2Cl)ccc1N1CCCC1=O. The molecule has 2 amide bonds. The van der Waals surface area contributed by atoms with Crippen molar-refractivity contribution in [2.75, 3.05) is 23.9 Å². The van der Waals surface area contributed by atoms with Gasteiger partial charge in [-0.2, -0.15) is 0 Å². The molecule has 1 aliphatic rings. The zero-order valence-electron chi connectivity index (χ0n) is 12.8. The first-order valence-corrected chi connectivity index (χ1v) is 8.81. The number of anilines is 2. The van der Waals surface area contributed by atoms with E-state index in [2.05, 4.69) is 5.32 Å². The van der Waals surface area contributed by atoms with Crippen molar-refractivity contribution >= 4 is 57.7 Å². The van der Waals surface area contributed by atoms with Crippen molar-refractivity contribution < 1.29 is 14.3 Å². The van der Waals surface area contributed by atoms with Gasteiger partial charge < -0.3 is 15.0 Å². The van der Waals surface area contributed by atoms with Crippen LogP contribution >= 0.6 is 34.5 Å². The normalized spacial score (nSPS) is 14.1. The van der Waals surface area contributed by atoms with Gasteiger partial charge in [-0.05, 0) is 24.6 Å². The lowest BCUT2D eigenvalue weighted by Gasteiger charge is -2.19. The zero-order chi connectivity index (χ0) is 17.3. The lowest BCUT2D eigenvalue weighted by atomic mass is 10.2. The maximum Gasteiger partial charge on any atom is 0.258 e. The van der Waals surface area contributed by atoms with Crippen LogP contribution in [-0.2, 0) is 4.79 Å². The minimum absolute atomic E-state index is 0.0739. The van der Waals surface area contributed by atoms with Gasteiger partial charge in [0.15, 0.2) is 0 Å². The lowest BCUT2D eigenvalue weighted by molar-refractivity contribution is -0.117. The smallest absolute Gasteiger partial charge is 0.258 e. The molecule has 1 fully saturated rings. The summed E-state index contributed by atoms with van der Waals surface area (Å²) in [7, 11) is 1.53. The second-order valence-electron chi connectivity index (χ2n) is 5.23. The number of amides is 2. The number of carbonyl (C=O) groups excluding carboxylic acids is 2. The molecule has 2 aromatic rings. The van der Waals surface area contributed by atoms with Gasteiger partial charge in [0.25, 0.3) is 5.91 Å². The second kappa shape index (κ2) is 7.01. The predicted octanol–water partition coefficient (Wildman–Crippen LogP) is 4.44. The first-order chi connectivity index (χ1) is 11.5. The van der Waals surface area contributed by atoms with Crippen molar-refractivity contribution in [1.82, 2.24) is 0 Å². The highest BCUT2D eigenvalue weighted by Gasteiger charge is 2.24. The molecule has 3 rings (SSSR count). The van der Waals surface area contributed by atoms with Crippen molar-refractivity contribution in [2.45, 2.75) is 12.8 Å². The Kier molecular flexibility index (Phi) is 4.99. The molecule has 0 spiro atoms. The number of methoxy groups -OCH3 is 1. The van der Waals surface area contributed by atoms with Crippen molar-refractivity contribution in [2.24, 2.45) is 0 Å². The Bertz CT molecular complexity index is 807. The number of carbonyl (C=O) groups is 2. The molecule has 0 radical (unpaired) electrons. The van der Waals surface area contributed by atoms with E-state index in [0.717, 1.165) is 17.8 Å². The first kappa shape index (κ1) is 17.1. The Hall–Kier alpha value is -1.76. The molecule has 1 aliphatic heterocycles. The average Bonchev–Trinajstić information content (AvgIpc) is 3.12. The Morgan fingerprint density at radius 2 is 2.12 bits per heavy atom. The Morgan fingerprint density at radius 3 is 2.71 bits per heavy atom. The third-order valence-corrected chi connectivity index (χ3v) is 5.19. The van der Waals surface area contributed by atoms with Crippen molar-refractivity contribution in [3.63, 3.8) is 0 Å². The molecule has 0 aliphatic carbocycles. The van der Waals surface area contributed by atoms with Crippen LogP contribution in [0.25, 0.3) is 0 Å². The molecule has 1 aromatic heterocycles. The molecule has 0 atom stereocenters. The van der Waals surface area contributed by atoms with Gasteiger partial charge in [0, 0.05) is 24.7 Å². The molecule has 8 heteroatoms.